The zero-order valence-corrected chi connectivity index (χ0v) is 9.11. The average Bonchev–Trinajstić information content (AvgIpc) is 2.30. The molecule has 1 heterocycles. The molecule has 0 aromatic heterocycles. The van der Waals surface area contributed by atoms with Crippen molar-refractivity contribution < 1.29 is 0 Å². The fourth-order valence-corrected chi connectivity index (χ4v) is 1.92. The van der Waals surface area contributed by atoms with E-state index in [4.69, 9.17) is 6.42 Å². The van der Waals surface area contributed by atoms with Gasteiger partial charge in [-0.1, -0.05) is 18.1 Å². The van der Waals surface area contributed by atoms with E-state index in [9.17, 15) is 0 Å². The van der Waals surface area contributed by atoms with Crippen LogP contribution in [0.3, 0.4) is 0 Å². The van der Waals surface area contributed by atoms with Gasteiger partial charge in [0, 0.05) is 31.7 Å². The van der Waals surface area contributed by atoms with Gasteiger partial charge in [0.05, 0.1) is 5.69 Å². The van der Waals surface area contributed by atoms with Crippen LogP contribution >= 0.6 is 0 Å². The highest BCUT2D eigenvalue weighted by atomic mass is 15.2. The van der Waals surface area contributed by atoms with E-state index in [2.05, 4.69) is 34.9 Å². The minimum atomic E-state index is 1.00. The van der Waals surface area contributed by atoms with Crippen LogP contribution in [0.25, 0.3) is 0 Å². The largest absolute Gasteiger partial charge is 0.368 e. The summed E-state index contributed by atoms with van der Waals surface area (Å²) in [5.41, 5.74) is 2.20. The van der Waals surface area contributed by atoms with Crippen LogP contribution in [0.5, 0.6) is 0 Å². The van der Waals surface area contributed by atoms with Gasteiger partial charge in [0.1, 0.15) is 0 Å². The molecule has 0 atom stereocenters. The number of terminal acetylenes is 1. The van der Waals surface area contributed by atoms with Crippen molar-refractivity contribution >= 4 is 5.69 Å². The monoisotopic (exact) mass is 200 g/mol. The van der Waals surface area contributed by atoms with Gasteiger partial charge in [-0.15, -0.1) is 6.42 Å². The van der Waals surface area contributed by atoms with E-state index >= 15 is 0 Å². The van der Waals surface area contributed by atoms with E-state index in [-0.39, 0.29) is 0 Å². The molecule has 0 radical (unpaired) electrons. The smallest absolute Gasteiger partial charge is 0.0526 e. The molecule has 15 heavy (non-hydrogen) atoms. The highest BCUT2D eigenvalue weighted by Crippen LogP contribution is 2.20. The standard InChI is InChI=1S/C13H16N2/c1-3-12-6-4-5-7-13(12)15-10-8-14(2)9-11-15/h1,4-7H,8-11H2,2H3. The number of piperazine rings is 1. The second-order valence-electron chi connectivity index (χ2n) is 3.95. The molecule has 2 heteroatoms. The van der Waals surface area contributed by atoms with E-state index in [0.29, 0.717) is 0 Å². The molecule has 1 aliphatic heterocycles. The Morgan fingerprint density at radius 1 is 1.13 bits per heavy atom. The first-order valence-electron chi connectivity index (χ1n) is 5.30. The molecule has 0 N–H and O–H groups in total. The topological polar surface area (TPSA) is 6.48 Å². The van der Waals surface area contributed by atoms with Crippen LogP contribution in [-0.4, -0.2) is 38.1 Å². The van der Waals surface area contributed by atoms with Crippen molar-refractivity contribution in [3.05, 3.63) is 29.8 Å². The zero-order chi connectivity index (χ0) is 10.7. The predicted octanol–water partition coefficient (Wildman–Crippen LogP) is 1.42. The lowest BCUT2D eigenvalue weighted by molar-refractivity contribution is 0.313. The van der Waals surface area contributed by atoms with E-state index in [1.165, 1.54) is 5.69 Å². The molecule has 0 saturated carbocycles. The van der Waals surface area contributed by atoms with Gasteiger partial charge >= 0.3 is 0 Å². The van der Waals surface area contributed by atoms with Crippen molar-refractivity contribution in [1.82, 2.24) is 4.90 Å². The number of nitrogens with zero attached hydrogens (tertiary/aromatic N) is 2. The van der Waals surface area contributed by atoms with Crippen LogP contribution in [0.2, 0.25) is 0 Å². The number of hydrogen-bond acceptors (Lipinski definition) is 2. The summed E-state index contributed by atoms with van der Waals surface area (Å²) in [6.07, 6.45) is 5.50. The van der Waals surface area contributed by atoms with Gasteiger partial charge in [0.15, 0.2) is 0 Å². The molecule has 0 bridgehead atoms. The van der Waals surface area contributed by atoms with Crippen LogP contribution < -0.4 is 4.90 Å². The Morgan fingerprint density at radius 2 is 1.80 bits per heavy atom. The lowest BCUT2D eigenvalue weighted by Crippen LogP contribution is -2.44. The summed E-state index contributed by atoms with van der Waals surface area (Å²) in [6, 6.07) is 8.16. The van der Waals surface area contributed by atoms with Crippen molar-refractivity contribution in [2.24, 2.45) is 0 Å². The number of anilines is 1. The Hall–Kier alpha value is -1.46. The third kappa shape index (κ3) is 2.14. The van der Waals surface area contributed by atoms with Crippen molar-refractivity contribution in [2.75, 3.05) is 38.1 Å². The molecular formula is C13H16N2. The molecule has 78 valence electrons. The third-order valence-corrected chi connectivity index (χ3v) is 2.90. The fourth-order valence-electron chi connectivity index (χ4n) is 1.92. The summed E-state index contributed by atoms with van der Waals surface area (Å²) >= 11 is 0. The SMILES string of the molecule is C#Cc1ccccc1N1CCN(C)CC1. The maximum Gasteiger partial charge on any atom is 0.0526 e. The summed E-state index contributed by atoms with van der Waals surface area (Å²) in [4.78, 5) is 4.71. The number of para-hydroxylation sites is 1. The molecule has 1 aliphatic rings. The molecule has 1 aromatic carbocycles. The highest BCUT2D eigenvalue weighted by molar-refractivity contribution is 5.60. The van der Waals surface area contributed by atoms with Crippen molar-refractivity contribution in [3.63, 3.8) is 0 Å². The summed E-state index contributed by atoms with van der Waals surface area (Å²) in [7, 11) is 2.16. The van der Waals surface area contributed by atoms with Gasteiger partial charge in [0.2, 0.25) is 0 Å². The molecule has 2 rings (SSSR count). The van der Waals surface area contributed by atoms with Gasteiger partial charge < -0.3 is 9.80 Å². The van der Waals surface area contributed by atoms with Crippen LogP contribution in [0, 0.1) is 12.3 Å². The highest BCUT2D eigenvalue weighted by Gasteiger charge is 2.15. The summed E-state index contributed by atoms with van der Waals surface area (Å²) in [5, 5.41) is 0. The Labute approximate surface area is 91.5 Å². The molecule has 0 spiro atoms. The molecule has 1 fully saturated rings. The first-order chi connectivity index (χ1) is 7.31. The second kappa shape index (κ2) is 4.37. The molecule has 1 saturated heterocycles. The summed E-state index contributed by atoms with van der Waals surface area (Å²) in [6.45, 7) is 4.35. The van der Waals surface area contributed by atoms with Gasteiger partial charge in [-0.3, -0.25) is 0 Å². The number of likely N-dealkylation sites (N-methyl/N-ethyl adjacent to an activating group) is 1. The Balaban J connectivity index is 2.19. The minimum absolute atomic E-state index is 1.00. The van der Waals surface area contributed by atoms with Crippen LogP contribution in [0.1, 0.15) is 5.56 Å². The number of rotatable bonds is 1. The van der Waals surface area contributed by atoms with Crippen LogP contribution in [-0.2, 0) is 0 Å². The van der Waals surface area contributed by atoms with Crippen molar-refractivity contribution in [2.45, 2.75) is 0 Å². The predicted molar refractivity (Wildman–Crippen MR) is 64.1 cm³/mol. The van der Waals surface area contributed by atoms with E-state index < -0.39 is 0 Å². The lowest BCUT2D eigenvalue weighted by atomic mass is 10.1. The maximum atomic E-state index is 5.50. The van der Waals surface area contributed by atoms with Gasteiger partial charge in [0.25, 0.3) is 0 Å². The van der Waals surface area contributed by atoms with Gasteiger partial charge in [-0.2, -0.15) is 0 Å². The number of hydrogen-bond donors (Lipinski definition) is 0. The molecule has 0 aliphatic carbocycles. The maximum absolute atomic E-state index is 5.50. The molecule has 2 nitrogen and oxygen atoms in total. The Kier molecular flexibility index (Phi) is 2.94. The van der Waals surface area contributed by atoms with Crippen molar-refractivity contribution in [1.29, 1.82) is 0 Å². The minimum Gasteiger partial charge on any atom is -0.368 e. The number of benzene rings is 1. The van der Waals surface area contributed by atoms with Gasteiger partial charge in [-0.05, 0) is 19.2 Å². The molecular weight excluding hydrogens is 184 g/mol. The van der Waals surface area contributed by atoms with Crippen molar-refractivity contribution in [3.8, 4) is 12.3 Å². The first kappa shape index (κ1) is 10.1. The average molecular weight is 200 g/mol. The summed E-state index contributed by atoms with van der Waals surface area (Å²) < 4.78 is 0. The summed E-state index contributed by atoms with van der Waals surface area (Å²) in [5.74, 6) is 2.75. The van der Waals surface area contributed by atoms with E-state index in [0.717, 1.165) is 31.7 Å². The molecule has 1 aromatic rings. The fraction of sp³-hybridized carbons (Fsp3) is 0.385. The normalized spacial score (nSPS) is 17.5. The van der Waals surface area contributed by atoms with E-state index in [1.807, 2.05) is 12.1 Å². The molecule has 0 amide bonds. The Morgan fingerprint density at radius 3 is 2.47 bits per heavy atom. The van der Waals surface area contributed by atoms with Crippen LogP contribution in [0.15, 0.2) is 24.3 Å². The molecule has 0 unspecified atom stereocenters. The quantitative estimate of drug-likeness (QED) is 0.633. The van der Waals surface area contributed by atoms with Crippen LogP contribution in [0.4, 0.5) is 5.69 Å². The lowest BCUT2D eigenvalue weighted by Gasteiger charge is -2.34. The Bertz CT molecular complexity index is 370. The van der Waals surface area contributed by atoms with E-state index in [1.54, 1.807) is 0 Å². The van der Waals surface area contributed by atoms with Gasteiger partial charge in [-0.25, -0.2) is 0 Å². The first-order valence-corrected chi connectivity index (χ1v) is 5.30. The second-order valence-corrected chi connectivity index (χ2v) is 3.95. The third-order valence-electron chi connectivity index (χ3n) is 2.90. The zero-order valence-electron chi connectivity index (χ0n) is 9.11.